The average Bonchev–Trinajstić information content (AvgIpc) is 3.39. The van der Waals surface area contributed by atoms with Crippen LogP contribution in [0.5, 0.6) is 11.5 Å². The summed E-state index contributed by atoms with van der Waals surface area (Å²) in [5.41, 5.74) is 13.7. The molecule has 4 fully saturated rings. The molecule has 5 heteroatoms. The first kappa shape index (κ1) is 38.6. The summed E-state index contributed by atoms with van der Waals surface area (Å²) in [5, 5.41) is 0. The minimum Gasteiger partial charge on any atom is -0.453 e. The maximum atomic E-state index is 6.34. The second-order valence-electron chi connectivity index (χ2n) is 19.6. The van der Waals surface area contributed by atoms with Gasteiger partial charge in [0.2, 0.25) is 0 Å². The molecule has 0 unspecified atom stereocenters. The third-order valence-electron chi connectivity index (χ3n) is 16.2. The minimum absolute atomic E-state index is 0.118. The van der Waals surface area contributed by atoms with Crippen LogP contribution in [0.25, 0.3) is 34.2 Å². The van der Waals surface area contributed by atoms with Crippen LogP contribution in [-0.2, 0) is 10.8 Å². The zero-order valence-corrected chi connectivity index (χ0v) is 37.2. The SMILES string of the molecule is c1ccc(-c2nc(-c3ccc(N4c5ccccc5Oc5ccccc54)cc3)nc(-c3ccc4c(c3)C3(c5ccccc5C4(c4ccccc4)c4ccccc4)C4CC5CC(C4)CC3C5)n2)cc1. The largest absolute Gasteiger partial charge is 0.453 e. The van der Waals surface area contributed by atoms with Gasteiger partial charge >= 0.3 is 0 Å². The number of hydrogen-bond acceptors (Lipinski definition) is 5. The summed E-state index contributed by atoms with van der Waals surface area (Å²) in [6, 6.07) is 74.8. The molecular formula is C62H48N4O. The predicted molar refractivity (Wildman–Crippen MR) is 267 cm³/mol. The summed E-state index contributed by atoms with van der Waals surface area (Å²) in [6.45, 7) is 0. The van der Waals surface area contributed by atoms with Crippen molar-refractivity contribution >= 4 is 17.1 Å². The summed E-state index contributed by atoms with van der Waals surface area (Å²) < 4.78 is 6.34. The lowest BCUT2D eigenvalue weighted by Crippen LogP contribution is -2.59. The Morgan fingerprint density at radius 3 is 1.42 bits per heavy atom. The number of hydrogen-bond donors (Lipinski definition) is 0. The quantitative estimate of drug-likeness (QED) is 0.167. The van der Waals surface area contributed by atoms with Gasteiger partial charge < -0.3 is 9.64 Å². The topological polar surface area (TPSA) is 51.1 Å². The first-order valence-electron chi connectivity index (χ1n) is 24.1. The van der Waals surface area contributed by atoms with Crippen LogP contribution in [-0.4, -0.2) is 15.0 Å². The number of nitrogens with zero attached hydrogens (tertiary/aromatic N) is 4. The van der Waals surface area contributed by atoms with E-state index < -0.39 is 5.41 Å². The fourth-order valence-electron chi connectivity index (χ4n) is 13.9. The van der Waals surface area contributed by atoms with E-state index in [0.29, 0.717) is 29.3 Å². The van der Waals surface area contributed by atoms with Crippen LogP contribution in [0.2, 0.25) is 0 Å². The lowest BCUT2D eigenvalue weighted by atomic mass is 9.38. The molecule has 0 amide bonds. The summed E-state index contributed by atoms with van der Waals surface area (Å²) in [6.07, 6.45) is 6.57. The molecule has 0 saturated heterocycles. The molecule has 15 rings (SSSR count). The maximum Gasteiger partial charge on any atom is 0.164 e. The molecule has 4 saturated carbocycles. The third-order valence-corrected chi connectivity index (χ3v) is 16.2. The number of benzene rings is 8. The molecule has 1 aliphatic heterocycles. The normalized spacial score (nSPS) is 22.3. The highest BCUT2D eigenvalue weighted by molar-refractivity contribution is 5.87. The molecule has 67 heavy (non-hydrogen) atoms. The molecule has 5 nitrogen and oxygen atoms in total. The molecule has 8 aromatic carbocycles. The van der Waals surface area contributed by atoms with Gasteiger partial charge in [0.05, 0.1) is 16.8 Å². The molecule has 2 heterocycles. The Balaban J connectivity index is 0.975. The van der Waals surface area contributed by atoms with E-state index in [0.717, 1.165) is 57.1 Å². The fraction of sp³-hybridized carbons (Fsp3) is 0.177. The van der Waals surface area contributed by atoms with E-state index in [2.05, 4.69) is 181 Å². The van der Waals surface area contributed by atoms with Crippen molar-refractivity contribution in [2.45, 2.75) is 42.9 Å². The Hall–Kier alpha value is -7.63. The lowest BCUT2D eigenvalue weighted by molar-refractivity contribution is -0.0440. The minimum atomic E-state index is -0.518. The van der Waals surface area contributed by atoms with Gasteiger partial charge in [0, 0.05) is 27.8 Å². The number of aromatic nitrogens is 3. The molecule has 1 aromatic heterocycles. The zero-order chi connectivity index (χ0) is 44.1. The molecule has 1 spiro atoms. The Bertz CT molecular complexity index is 3240. The molecule has 9 aromatic rings. The van der Waals surface area contributed by atoms with Crippen molar-refractivity contribution in [3.05, 3.63) is 240 Å². The first-order valence-corrected chi connectivity index (χ1v) is 24.1. The molecule has 0 atom stereocenters. The first-order chi connectivity index (χ1) is 33.2. The predicted octanol–water partition coefficient (Wildman–Crippen LogP) is 14.9. The number of para-hydroxylation sites is 4. The molecular weight excluding hydrogens is 817 g/mol. The Labute approximate surface area is 391 Å². The Kier molecular flexibility index (Phi) is 8.62. The van der Waals surface area contributed by atoms with Crippen molar-refractivity contribution in [1.29, 1.82) is 0 Å². The molecule has 6 aliphatic rings. The molecule has 4 bridgehead atoms. The van der Waals surface area contributed by atoms with Crippen LogP contribution < -0.4 is 9.64 Å². The molecule has 0 radical (unpaired) electrons. The van der Waals surface area contributed by atoms with Gasteiger partial charge in [-0.3, -0.25) is 0 Å². The van der Waals surface area contributed by atoms with Gasteiger partial charge in [-0.1, -0.05) is 152 Å². The van der Waals surface area contributed by atoms with Gasteiger partial charge in [-0.25, -0.2) is 15.0 Å². The monoisotopic (exact) mass is 864 g/mol. The van der Waals surface area contributed by atoms with Gasteiger partial charge in [-0.15, -0.1) is 0 Å². The van der Waals surface area contributed by atoms with E-state index in [1.807, 2.05) is 30.3 Å². The second-order valence-corrected chi connectivity index (χ2v) is 19.6. The van der Waals surface area contributed by atoms with E-state index in [9.17, 15) is 0 Å². The van der Waals surface area contributed by atoms with Gasteiger partial charge in [0.25, 0.3) is 0 Å². The van der Waals surface area contributed by atoms with Crippen molar-refractivity contribution in [3.63, 3.8) is 0 Å². The summed E-state index contributed by atoms with van der Waals surface area (Å²) >= 11 is 0. The van der Waals surface area contributed by atoms with Gasteiger partial charge in [0.15, 0.2) is 29.0 Å². The highest BCUT2D eigenvalue weighted by Gasteiger charge is 2.63. The third kappa shape index (κ3) is 5.70. The molecule has 0 N–H and O–H groups in total. The van der Waals surface area contributed by atoms with E-state index in [1.54, 1.807) is 0 Å². The molecule has 5 aliphatic carbocycles. The Morgan fingerprint density at radius 1 is 0.388 bits per heavy atom. The standard InChI is InChI=1S/C62H48N4O/c1-4-16-42(17-5-1)58-63-59(43-28-31-49(32-29-43)66-54-24-12-14-26-56(54)67-57-27-15-13-25-55(57)66)65-60(64-58)44-30-33-52-53(39-44)62(47-35-40-34-41(37-47)38-48(62)36-40)51-23-11-10-22-50(51)61(52,45-18-6-2-7-19-45)46-20-8-3-9-21-46/h1-33,39-41,47-48H,34-38H2. The van der Waals surface area contributed by atoms with E-state index in [1.165, 1.54) is 65.5 Å². The summed E-state index contributed by atoms with van der Waals surface area (Å²) in [4.78, 5) is 18.3. The summed E-state index contributed by atoms with van der Waals surface area (Å²) in [7, 11) is 0. The van der Waals surface area contributed by atoms with Crippen molar-refractivity contribution in [2.24, 2.45) is 23.7 Å². The number of rotatable bonds is 6. The smallest absolute Gasteiger partial charge is 0.164 e. The van der Waals surface area contributed by atoms with Crippen molar-refractivity contribution < 1.29 is 4.74 Å². The number of ether oxygens (including phenoxy) is 1. The van der Waals surface area contributed by atoms with Crippen LogP contribution >= 0.6 is 0 Å². The van der Waals surface area contributed by atoms with Crippen molar-refractivity contribution in [3.8, 4) is 45.7 Å². The Morgan fingerprint density at radius 2 is 0.836 bits per heavy atom. The average molecular weight is 865 g/mol. The highest BCUT2D eigenvalue weighted by Crippen LogP contribution is 2.70. The van der Waals surface area contributed by atoms with Gasteiger partial charge in [-0.05, 0) is 144 Å². The maximum absolute atomic E-state index is 6.34. The van der Waals surface area contributed by atoms with E-state index >= 15 is 0 Å². The highest BCUT2D eigenvalue weighted by atomic mass is 16.5. The van der Waals surface area contributed by atoms with Crippen LogP contribution in [0.4, 0.5) is 17.1 Å². The van der Waals surface area contributed by atoms with Crippen LogP contribution in [0.1, 0.15) is 65.5 Å². The van der Waals surface area contributed by atoms with Crippen LogP contribution in [0.15, 0.2) is 206 Å². The number of anilines is 3. The van der Waals surface area contributed by atoms with Crippen molar-refractivity contribution in [1.82, 2.24) is 15.0 Å². The van der Waals surface area contributed by atoms with E-state index in [4.69, 9.17) is 19.7 Å². The fourth-order valence-corrected chi connectivity index (χ4v) is 13.9. The van der Waals surface area contributed by atoms with Gasteiger partial charge in [0.1, 0.15) is 0 Å². The zero-order valence-electron chi connectivity index (χ0n) is 37.2. The van der Waals surface area contributed by atoms with Crippen LogP contribution in [0.3, 0.4) is 0 Å². The second kappa shape index (κ2) is 14.9. The van der Waals surface area contributed by atoms with Crippen LogP contribution in [0, 0.1) is 23.7 Å². The van der Waals surface area contributed by atoms with Crippen molar-refractivity contribution in [2.75, 3.05) is 4.90 Å². The lowest BCUT2D eigenvalue weighted by Gasteiger charge is -2.65. The van der Waals surface area contributed by atoms with Gasteiger partial charge in [-0.2, -0.15) is 0 Å². The summed E-state index contributed by atoms with van der Waals surface area (Å²) in [5.74, 6) is 6.43. The van der Waals surface area contributed by atoms with E-state index in [-0.39, 0.29) is 5.41 Å². The number of fused-ring (bicyclic) bond motifs is 4. The molecule has 322 valence electrons.